The van der Waals surface area contributed by atoms with Gasteiger partial charge in [-0.15, -0.1) is 0 Å². The molecule has 1 amide bonds. The minimum atomic E-state index is -0.404. The van der Waals surface area contributed by atoms with Gasteiger partial charge in [0.1, 0.15) is 6.04 Å². The summed E-state index contributed by atoms with van der Waals surface area (Å²) in [4.78, 5) is 14.9. The molecule has 7 heteroatoms. The molecule has 0 aliphatic carbocycles. The van der Waals surface area contributed by atoms with Gasteiger partial charge >= 0.3 is 0 Å². The van der Waals surface area contributed by atoms with Crippen molar-refractivity contribution in [2.75, 3.05) is 55.1 Å². The van der Waals surface area contributed by atoms with Crippen LogP contribution in [0.4, 0.5) is 17.1 Å². The lowest BCUT2D eigenvalue weighted by molar-refractivity contribution is -0.116. The van der Waals surface area contributed by atoms with E-state index in [1.54, 1.807) is 0 Å². The molecule has 0 bridgehead atoms. The Balaban J connectivity index is 1.34. The van der Waals surface area contributed by atoms with E-state index in [0.717, 1.165) is 55.5 Å². The second kappa shape index (κ2) is 9.05. The summed E-state index contributed by atoms with van der Waals surface area (Å²) in [6, 6.07) is 13.2. The topological polar surface area (TPSA) is 72.1 Å². The molecule has 0 aromatic heterocycles. The molecule has 2 aromatic carbocycles. The van der Waals surface area contributed by atoms with Gasteiger partial charge in [0.25, 0.3) is 0 Å². The number of amides is 1. The lowest BCUT2D eigenvalue weighted by atomic mass is 10.2. The molecule has 154 valence electrons. The standard InChI is InChI=1S/C22H27N3O4/c1-16(23-18-5-8-20-21(15-18)29-12-2-11-28-20)22(26)24-17-3-6-19(7-4-17)25-9-13-27-14-10-25/h3-8,15-16,23H,2,9-14H2,1H3,(H,24,26)/t16-/m0/s1. The molecule has 1 saturated heterocycles. The zero-order chi connectivity index (χ0) is 20.1. The highest BCUT2D eigenvalue weighted by Gasteiger charge is 2.16. The van der Waals surface area contributed by atoms with Crippen LogP contribution in [0.3, 0.4) is 0 Å². The zero-order valence-electron chi connectivity index (χ0n) is 16.6. The number of anilines is 3. The van der Waals surface area contributed by atoms with E-state index in [2.05, 4.69) is 15.5 Å². The minimum Gasteiger partial charge on any atom is -0.490 e. The summed E-state index contributed by atoms with van der Waals surface area (Å²) in [7, 11) is 0. The summed E-state index contributed by atoms with van der Waals surface area (Å²) in [6.07, 6.45) is 0.862. The highest BCUT2D eigenvalue weighted by atomic mass is 16.5. The van der Waals surface area contributed by atoms with Gasteiger partial charge < -0.3 is 29.7 Å². The Labute approximate surface area is 170 Å². The summed E-state index contributed by atoms with van der Waals surface area (Å²) < 4.78 is 16.7. The number of ether oxygens (including phenoxy) is 3. The molecular formula is C22H27N3O4. The number of nitrogens with one attached hydrogen (secondary N) is 2. The zero-order valence-corrected chi connectivity index (χ0v) is 16.6. The first kappa shape index (κ1) is 19.4. The van der Waals surface area contributed by atoms with Crippen molar-refractivity contribution in [1.82, 2.24) is 0 Å². The van der Waals surface area contributed by atoms with E-state index in [-0.39, 0.29) is 5.91 Å². The van der Waals surface area contributed by atoms with Crippen LogP contribution in [-0.4, -0.2) is 51.5 Å². The molecule has 0 spiro atoms. The number of carbonyl (C=O) groups is 1. The van der Waals surface area contributed by atoms with Crippen LogP contribution in [0, 0.1) is 0 Å². The summed E-state index contributed by atoms with van der Waals surface area (Å²) in [6.45, 7) is 6.41. The lowest BCUT2D eigenvalue weighted by Gasteiger charge is -2.29. The third kappa shape index (κ3) is 4.92. The van der Waals surface area contributed by atoms with Gasteiger partial charge in [-0.05, 0) is 43.3 Å². The number of carbonyl (C=O) groups excluding carboxylic acids is 1. The fourth-order valence-corrected chi connectivity index (χ4v) is 3.40. The normalized spacial score (nSPS) is 17.2. The predicted octanol–water partition coefficient (Wildman–Crippen LogP) is 3.12. The number of hydrogen-bond acceptors (Lipinski definition) is 6. The predicted molar refractivity (Wildman–Crippen MR) is 113 cm³/mol. The van der Waals surface area contributed by atoms with Crippen LogP contribution >= 0.6 is 0 Å². The van der Waals surface area contributed by atoms with Crippen LogP contribution in [0.15, 0.2) is 42.5 Å². The fourth-order valence-electron chi connectivity index (χ4n) is 3.40. The summed E-state index contributed by atoms with van der Waals surface area (Å²) in [5.74, 6) is 1.35. The fraction of sp³-hybridized carbons (Fsp3) is 0.409. The number of fused-ring (bicyclic) bond motifs is 1. The molecule has 0 radical (unpaired) electrons. The van der Waals surface area contributed by atoms with Crippen molar-refractivity contribution in [2.45, 2.75) is 19.4 Å². The molecule has 2 aliphatic heterocycles. The molecule has 2 aromatic rings. The quantitative estimate of drug-likeness (QED) is 0.808. The van der Waals surface area contributed by atoms with Crippen molar-refractivity contribution in [3.63, 3.8) is 0 Å². The highest BCUT2D eigenvalue weighted by Crippen LogP contribution is 2.32. The van der Waals surface area contributed by atoms with E-state index in [1.165, 1.54) is 0 Å². The van der Waals surface area contributed by atoms with Gasteiger partial charge in [-0.3, -0.25) is 4.79 Å². The van der Waals surface area contributed by atoms with E-state index in [4.69, 9.17) is 14.2 Å². The third-order valence-corrected chi connectivity index (χ3v) is 5.04. The molecule has 2 aliphatic rings. The van der Waals surface area contributed by atoms with E-state index in [0.29, 0.717) is 19.0 Å². The van der Waals surface area contributed by atoms with Gasteiger partial charge in [0.05, 0.1) is 26.4 Å². The molecule has 0 saturated carbocycles. The Bertz CT molecular complexity index is 834. The maximum Gasteiger partial charge on any atom is 0.246 e. The molecule has 0 unspecified atom stereocenters. The number of rotatable bonds is 5. The van der Waals surface area contributed by atoms with Crippen LogP contribution < -0.4 is 25.0 Å². The monoisotopic (exact) mass is 397 g/mol. The molecule has 2 N–H and O–H groups in total. The second-order valence-electron chi connectivity index (χ2n) is 7.21. The highest BCUT2D eigenvalue weighted by molar-refractivity contribution is 5.96. The van der Waals surface area contributed by atoms with Gasteiger partial charge in [-0.25, -0.2) is 0 Å². The smallest absolute Gasteiger partial charge is 0.246 e. The number of hydrogen-bond donors (Lipinski definition) is 2. The van der Waals surface area contributed by atoms with Crippen LogP contribution in [0.25, 0.3) is 0 Å². The van der Waals surface area contributed by atoms with Crippen molar-refractivity contribution in [3.05, 3.63) is 42.5 Å². The van der Waals surface area contributed by atoms with Gasteiger partial charge in [-0.1, -0.05) is 0 Å². The first-order valence-electron chi connectivity index (χ1n) is 10.1. The first-order valence-corrected chi connectivity index (χ1v) is 10.1. The molecule has 1 atom stereocenters. The van der Waals surface area contributed by atoms with Crippen LogP contribution in [0.1, 0.15) is 13.3 Å². The Kier molecular flexibility index (Phi) is 6.05. The number of benzene rings is 2. The Hall–Kier alpha value is -2.93. The van der Waals surface area contributed by atoms with Gasteiger partial charge in [0.15, 0.2) is 11.5 Å². The molecule has 2 heterocycles. The van der Waals surface area contributed by atoms with Gasteiger partial charge in [0.2, 0.25) is 5.91 Å². The second-order valence-corrected chi connectivity index (χ2v) is 7.21. The van der Waals surface area contributed by atoms with Crippen molar-refractivity contribution in [2.24, 2.45) is 0 Å². The summed E-state index contributed by atoms with van der Waals surface area (Å²) in [5.41, 5.74) is 2.74. The van der Waals surface area contributed by atoms with Crippen molar-refractivity contribution >= 4 is 23.0 Å². The Morgan fingerprint density at radius 2 is 1.62 bits per heavy atom. The van der Waals surface area contributed by atoms with E-state index < -0.39 is 6.04 Å². The van der Waals surface area contributed by atoms with E-state index >= 15 is 0 Å². The van der Waals surface area contributed by atoms with Crippen LogP contribution in [-0.2, 0) is 9.53 Å². The van der Waals surface area contributed by atoms with E-state index in [9.17, 15) is 4.79 Å². The number of nitrogens with zero attached hydrogens (tertiary/aromatic N) is 1. The SMILES string of the molecule is C[C@H](Nc1ccc2c(c1)OCCCO2)C(=O)Nc1ccc(N2CCOCC2)cc1. The molecule has 7 nitrogen and oxygen atoms in total. The molecular weight excluding hydrogens is 370 g/mol. The van der Waals surface area contributed by atoms with Crippen LogP contribution in [0.5, 0.6) is 11.5 Å². The minimum absolute atomic E-state index is 0.101. The van der Waals surface area contributed by atoms with Crippen molar-refractivity contribution < 1.29 is 19.0 Å². The third-order valence-electron chi connectivity index (χ3n) is 5.04. The maximum atomic E-state index is 12.6. The largest absolute Gasteiger partial charge is 0.490 e. The number of morpholine rings is 1. The Morgan fingerprint density at radius 3 is 2.38 bits per heavy atom. The van der Waals surface area contributed by atoms with Crippen molar-refractivity contribution in [3.8, 4) is 11.5 Å². The molecule has 29 heavy (non-hydrogen) atoms. The van der Waals surface area contributed by atoms with Gasteiger partial charge in [0, 0.05) is 42.6 Å². The molecule has 4 rings (SSSR count). The summed E-state index contributed by atoms with van der Waals surface area (Å²) >= 11 is 0. The first-order chi connectivity index (χ1) is 14.2. The molecule has 1 fully saturated rings. The maximum absolute atomic E-state index is 12.6. The van der Waals surface area contributed by atoms with Crippen molar-refractivity contribution in [1.29, 1.82) is 0 Å². The van der Waals surface area contributed by atoms with Gasteiger partial charge in [-0.2, -0.15) is 0 Å². The lowest BCUT2D eigenvalue weighted by Crippen LogP contribution is -2.36. The Morgan fingerprint density at radius 1 is 0.931 bits per heavy atom. The van der Waals surface area contributed by atoms with Crippen LogP contribution in [0.2, 0.25) is 0 Å². The average Bonchev–Trinajstić information content (AvgIpc) is 3.00. The average molecular weight is 397 g/mol. The summed E-state index contributed by atoms with van der Waals surface area (Å²) in [5, 5.41) is 6.19. The van der Waals surface area contributed by atoms with E-state index in [1.807, 2.05) is 49.4 Å².